The van der Waals surface area contributed by atoms with E-state index in [1.54, 1.807) is 0 Å². The van der Waals surface area contributed by atoms with Crippen molar-refractivity contribution < 1.29 is 35.1 Å². The maximum absolute atomic E-state index is 11.3. The number of unbranched alkanes of at least 4 members (excludes halogenated alkanes) is 3. The van der Waals surface area contributed by atoms with Gasteiger partial charge < -0.3 is 25.5 Å². The van der Waals surface area contributed by atoms with Gasteiger partial charge in [-0.25, -0.2) is 0 Å². The van der Waals surface area contributed by atoms with E-state index in [1.807, 2.05) is 0 Å². The predicted molar refractivity (Wildman–Crippen MR) is 110 cm³/mol. The first-order chi connectivity index (χ1) is 14.2. The molecule has 1 aromatic rings. The Morgan fingerprint density at radius 2 is 1.23 bits per heavy atom. The first-order valence-electron chi connectivity index (χ1n) is 10.9. The van der Waals surface area contributed by atoms with Crippen LogP contribution in [0.5, 0.6) is 17.2 Å². The number of benzene rings is 1. The number of aliphatic carboxylic acids is 2. The SMILES string of the molecule is O=C(O)C1(CCCCCc2c(CCCCC3(C(=O)O)CC3)cc(O)c(O)c2O)CC1. The van der Waals surface area contributed by atoms with Gasteiger partial charge in [-0.1, -0.05) is 19.3 Å². The number of aromatic hydroxyl groups is 3. The number of phenolic OH excluding ortho intramolecular Hbond substituents is 3. The normalized spacial score (nSPS) is 18.1. The first kappa shape index (κ1) is 22.2. The summed E-state index contributed by atoms with van der Waals surface area (Å²) in [6.45, 7) is 0. The minimum Gasteiger partial charge on any atom is -0.504 e. The van der Waals surface area contributed by atoms with E-state index in [-0.39, 0.29) is 11.5 Å². The molecule has 2 saturated carbocycles. The smallest absolute Gasteiger partial charge is 0.309 e. The van der Waals surface area contributed by atoms with Crippen LogP contribution >= 0.6 is 0 Å². The fourth-order valence-corrected chi connectivity index (χ4v) is 4.40. The molecule has 3 rings (SSSR count). The third-order valence-electron chi connectivity index (χ3n) is 7.00. The predicted octanol–water partition coefficient (Wildman–Crippen LogP) is 4.35. The number of rotatable bonds is 13. The molecule has 7 nitrogen and oxygen atoms in total. The topological polar surface area (TPSA) is 135 Å². The lowest BCUT2D eigenvalue weighted by atomic mass is 9.92. The number of carboxylic acids is 2. The lowest BCUT2D eigenvalue weighted by Crippen LogP contribution is -2.14. The Bertz CT molecular complexity index is 806. The Kier molecular flexibility index (Phi) is 6.48. The van der Waals surface area contributed by atoms with E-state index in [2.05, 4.69) is 0 Å². The Morgan fingerprint density at radius 1 is 0.733 bits per heavy atom. The van der Waals surface area contributed by atoms with Gasteiger partial charge in [0.1, 0.15) is 0 Å². The van der Waals surface area contributed by atoms with Crippen LogP contribution in [0.4, 0.5) is 0 Å². The summed E-state index contributed by atoms with van der Waals surface area (Å²) >= 11 is 0. The zero-order valence-electron chi connectivity index (χ0n) is 17.3. The van der Waals surface area contributed by atoms with Crippen LogP contribution in [0.3, 0.4) is 0 Å². The molecule has 2 aliphatic carbocycles. The maximum atomic E-state index is 11.3. The molecular formula is C23H32O7. The molecule has 0 heterocycles. The van der Waals surface area contributed by atoms with E-state index in [1.165, 1.54) is 6.07 Å². The minimum atomic E-state index is -0.723. The van der Waals surface area contributed by atoms with Crippen molar-refractivity contribution in [2.24, 2.45) is 10.8 Å². The number of phenols is 3. The fraction of sp³-hybridized carbons (Fsp3) is 0.652. The molecule has 2 fully saturated rings. The van der Waals surface area contributed by atoms with Crippen molar-refractivity contribution in [3.05, 3.63) is 17.2 Å². The second kappa shape index (κ2) is 8.74. The molecule has 0 amide bonds. The second-order valence-electron chi connectivity index (χ2n) is 9.17. The third kappa shape index (κ3) is 4.82. The molecule has 5 N–H and O–H groups in total. The summed E-state index contributed by atoms with van der Waals surface area (Å²) < 4.78 is 0. The largest absolute Gasteiger partial charge is 0.504 e. The third-order valence-corrected chi connectivity index (χ3v) is 7.00. The molecule has 7 heteroatoms. The van der Waals surface area contributed by atoms with Crippen molar-refractivity contribution in [2.45, 2.75) is 83.5 Å². The van der Waals surface area contributed by atoms with Crippen molar-refractivity contribution in [1.82, 2.24) is 0 Å². The standard InChI is InChI=1S/C23H32O7/c24-17-14-15(6-3-5-9-23(12-13-23)21(29)30)16(18(25)19(17)26)7-2-1-4-8-22(10-11-22)20(27)28/h14,24-26H,1-13H2,(H,27,28)(H,29,30). The lowest BCUT2D eigenvalue weighted by Gasteiger charge is -2.15. The van der Waals surface area contributed by atoms with Crippen LogP contribution < -0.4 is 0 Å². The highest BCUT2D eigenvalue weighted by Crippen LogP contribution is 2.51. The van der Waals surface area contributed by atoms with Gasteiger partial charge in [-0.15, -0.1) is 0 Å². The lowest BCUT2D eigenvalue weighted by molar-refractivity contribution is -0.144. The van der Waals surface area contributed by atoms with Gasteiger partial charge in [0.15, 0.2) is 11.5 Å². The molecule has 0 spiro atoms. The highest BCUT2D eigenvalue weighted by atomic mass is 16.4. The van der Waals surface area contributed by atoms with Gasteiger partial charge in [-0.2, -0.15) is 0 Å². The molecule has 0 aliphatic heterocycles. The van der Waals surface area contributed by atoms with Crippen molar-refractivity contribution in [1.29, 1.82) is 0 Å². The Morgan fingerprint density at radius 3 is 1.73 bits per heavy atom. The summed E-state index contributed by atoms with van der Waals surface area (Å²) in [4.78, 5) is 22.5. The van der Waals surface area contributed by atoms with Gasteiger partial charge in [0.25, 0.3) is 0 Å². The van der Waals surface area contributed by atoms with Gasteiger partial charge in [0.2, 0.25) is 5.75 Å². The van der Waals surface area contributed by atoms with Crippen molar-refractivity contribution >= 4 is 11.9 Å². The van der Waals surface area contributed by atoms with Crippen molar-refractivity contribution in [2.75, 3.05) is 0 Å². The van der Waals surface area contributed by atoms with Crippen LogP contribution in [-0.4, -0.2) is 37.5 Å². The Balaban J connectivity index is 1.51. The number of carbonyl (C=O) groups is 2. The monoisotopic (exact) mass is 420 g/mol. The molecule has 0 bridgehead atoms. The summed E-state index contributed by atoms with van der Waals surface area (Å²) in [6.07, 6.45) is 9.30. The zero-order chi connectivity index (χ0) is 21.9. The van der Waals surface area contributed by atoms with Gasteiger partial charge in [0, 0.05) is 5.56 Å². The van der Waals surface area contributed by atoms with Gasteiger partial charge in [-0.3, -0.25) is 9.59 Å². The average Bonchev–Trinajstić information content (AvgIpc) is 3.60. The molecule has 0 atom stereocenters. The summed E-state index contributed by atoms with van der Waals surface area (Å²) in [5.74, 6) is -2.59. The molecule has 0 aromatic heterocycles. The minimum absolute atomic E-state index is 0.293. The Labute approximate surface area is 176 Å². The van der Waals surface area contributed by atoms with E-state index in [9.17, 15) is 35.1 Å². The molecule has 0 saturated heterocycles. The van der Waals surface area contributed by atoms with Crippen LogP contribution in [-0.2, 0) is 22.4 Å². The van der Waals surface area contributed by atoms with Crippen LogP contribution in [0, 0.1) is 10.8 Å². The van der Waals surface area contributed by atoms with E-state index in [4.69, 9.17) is 0 Å². The maximum Gasteiger partial charge on any atom is 0.309 e. The van der Waals surface area contributed by atoms with E-state index in [0.717, 1.165) is 63.4 Å². The zero-order valence-corrected chi connectivity index (χ0v) is 17.3. The molecule has 0 unspecified atom stereocenters. The number of carboxylic acid groups (broad SMARTS) is 2. The van der Waals surface area contributed by atoms with Crippen molar-refractivity contribution in [3.8, 4) is 17.2 Å². The Hall–Kier alpha value is -2.44. The van der Waals surface area contributed by atoms with Crippen LogP contribution in [0.2, 0.25) is 0 Å². The number of aryl methyl sites for hydroxylation is 1. The van der Waals surface area contributed by atoms with Crippen LogP contribution in [0.25, 0.3) is 0 Å². The second-order valence-corrected chi connectivity index (χ2v) is 9.17. The van der Waals surface area contributed by atoms with Gasteiger partial charge in [0.05, 0.1) is 10.8 Å². The van der Waals surface area contributed by atoms with Crippen LogP contribution in [0.1, 0.15) is 81.8 Å². The fourth-order valence-electron chi connectivity index (χ4n) is 4.40. The first-order valence-corrected chi connectivity index (χ1v) is 10.9. The van der Waals surface area contributed by atoms with Crippen LogP contribution in [0.15, 0.2) is 6.07 Å². The highest BCUT2D eigenvalue weighted by molar-refractivity contribution is 5.78. The van der Waals surface area contributed by atoms with Gasteiger partial charge >= 0.3 is 11.9 Å². The molecular weight excluding hydrogens is 388 g/mol. The molecule has 30 heavy (non-hydrogen) atoms. The summed E-state index contributed by atoms with van der Waals surface area (Å²) in [5.41, 5.74) is 0.326. The molecule has 1 aromatic carbocycles. The average molecular weight is 421 g/mol. The molecule has 0 radical (unpaired) electrons. The van der Waals surface area contributed by atoms with Gasteiger partial charge in [-0.05, 0) is 75.8 Å². The number of hydrogen-bond donors (Lipinski definition) is 5. The van der Waals surface area contributed by atoms with E-state index < -0.39 is 28.5 Å². The summed E-state index contributed by atoms with van der Waals surface area (Å²) in [5, 5.41) is 48.6. The quantitative estimate of drug-likeness (QED) is 0.236. The summed E-state index contributed by atoms with van der Waals surface area (Å²) in [7, 11) is 0. The summed E-state index contributed by atoms with van der Waals surface area (Å²) in [6, 6.07) is 1.48. The van der Waals surface area contributed by atoms with E-state index in [0.29, 0.717) is 31.2 Å². The molecule has 166 valence electrons. The molecule has 2 aliphatic rings. The highest BCUT2D eigenvalue weighted by Gasteiger charge is 2.49. The number of hydrogen-bond acceptors (Lipinski definition) is 5. The van der Waals surface area contributed by atoms with Crippen molar-refractivity contribution in [3.63, 3.8) is 0 Å². The van der Waals surface area contributed by atoms with E-state index >= 15 is 0 Å².